The molecule has 1 unspecified atom stereocenters. The lowest BCUT2D eigenvalue weighted by molar-refractivity contribution is 0.703. The number of benzene rings is 1. The molecule has 0 aliphatic carbocycles. The van der Waals surface area contributed by atoms with Crippen molar-refractivity contribution in [2.24, 2.45) is 0 Å². The van der Waals surface area contributed by atoms with E-state index in [1.54, 1.807) is 12.4 Å². The Morgan fingerprint density at radius 3 is 2.50 bits per heavy atom. The summed E-state index contributed by atoms with van der Waals surface area (Å²) in [5.41, 5.74) is 1.37. The van der Waals surface area contributed by atoms with Crippen LogP contribution in [0.5, 0.6) is 0 Å². The molecule has 1 aromatic heterocycles. The molecular weight excluding hydrogens is 290 g/mol. The molecule has 0 fully saturated rings. The Labute approximate surface area is 116 Å². The van der Waals surface area contributed by atoms with Crippen molar-refractivity contribution < 1.29 is 0 Å². The second-order valence-electron chi connectivity index (χ2n) is 4.25. The summed E-state index contributed by atoms with van der Waals surface area (Å²) in [6.07, 6.45) is 4.55. The Morgan fingerprint density at radius 2 is 1.83 bits per heavy atom. The lowest BCUT2D eigenvalue weighted by Crippen LogP contribution is -2.08. The SMILES string of the molecule is CC(CCNc1ncc(Br)cn1)c1ccccc1. The van der Waals surface area contributed by atoms with Crippen molar-refractivity contribution in [3.8, 4) is 0 Å². The first kappa shape index (κ1) is 13.0. The Hall–Kier alpha value is -1.42. The molecule has 2 aromatic rings. The minimum absolute atomic E-state index is 0.536. The third-order valence-electron chi connectivity index (χ3n) is 2.85. The van der Waals surface area contributed by atoms with E-state index >= 15 is 0 Å². The first-order chi connectivity index (χ1) is 8.75. The number of nitrogens with zero attached hydrogens (tertiary/aromatic N) is 2. The lowest BCUT2D eigenvalue weighted by atomic mass is 9.98. The van der Waals surface area contributed by atoms with Crippen LogP contribution in [0, 0.1) is 0 Å². The van der Waals surface area contributed by atoms with Gasteiger partial charge in [0, 0.05) is 18.9 Å². The topological polar surface area (TPSA) is 37.8 Å². The van der Waals surface area contributed by atoms with Crippen LogP contribution in [-0.2, 0) is 0 Å². The van der Waals surface area contributed by atoms with Gasteiger partial charge < -0.3 is 5.32 Å². The molecule has 1 atom stereocenters. The molecule has 0 saturated heterocycles. The van der Waals surface area contributed by atoms with Gasteiger partial charge in [-0.1, -0.05) is 37.3 Å². The average Bonchev–Trinajstić information content (AvgIpc) is 2.42. The van der Waals surface area contributed by atoms with Gasteiger partial charge in [0.1, 0.15) is 0 Å². The van der Waals surface area contributed by atoms with Crippen LogP contribution >= 0.6 is 15.9 Å². The maximum Gasteiger partial charge on any atom is 0.222 e. The average molecular weight is 306 g/mol. The Balaban J connectivity index is 1.80. The monoisotopic (exact) mass is 305 g/mol. The zero-order valence-electron chi connectivity index (χ0n) is 10.3. The standard InChI is InChI=1S/C14H16BrN3/c1-11(12-5-3-2-4-6-12)7-8-16-14-17-9-13(15)10-18-14/h2-6,9-11H,7-8H2,1H3,(H,16,17,18). The van der Waals surface area contributed by atoms with Crippen molar-refractivity contribution >= 4 is 21.9 Å². The van der Waals surface area contributed by atoms with Crippen molar-refractivity contribution in [2.75, 3.05) is 11.9 Å². The molecule has 0 bridgehead atoms. The van der Waals surface area contributed by atoms with E-state index < -0.39 is 0 Å². The third-order valence-corrected chi connectivity index (χ3v) is 3.26. The Morgan fingerprint density at radius 1 is 1.17 bits per heavy atom. The van der Waals surface area contributed by atoms with Crippen LogP contribution in [0.4, 0.5) is 5.95 Å². The fraction of sp³-hybridized carbons (Fsp3) is 0.286. The summed E-state index contributed by atoms with van der Waals surface area (Å²) in [7, 11) is 0. The van der Waals surface area contributed by atoms with Gasteiger partial charge >= 0.3 is 0 Å². The predicted octanol–water partition coefficient (Wildman–Crippen LogP) is 3.84. The first-order valence-electron chi connectivity index (χ1n) is 6.02. The van der Waals surface area contributed by atoms with Crippen molar-refractivity contribution in [3.05, 3.63) is 52.8 Å². The largest absolute Gasteiger partial charge is 0.354 e. The van der Waals surface area contributed by atoms with Gasteiger partial charge in [0.25, 0.3) is 0 Å². The van der Waals surface area contributed by atoms with Crippen LogP contribution in [0.3, 0.4) is 0 Å². The van der Waals surface area contributed by atoms with Gasteiger partial charge in [-0.15, -0.1) is 0 Å². The smallest absolute Gasteiger partial charge is 0.222 e. The quantitative estimate of drug-likeness (QED) is 0.912. The molecule has 0 aliphatic heterocycles. The molecule has 1 aromatic carbocycles. The van der Waals surface area contributed by atoms with Crippen LogP contribution in [0.2, 0.25) is 0 Å². The van der Waals surface area contributed by atoms with Gasteiger partial charge in [-0.05, 0) is 33.8 Å². The Kier molecular flexibility index (Phi) is 4.70. The van der Waals surface area contributed by atoms with E-state index in [1.165, 1.54) is 5.56 Å². The third kappa shape index (κ3) is 3.81. The molecule has 4 heteroatoms. The number of aromatic nitrogens is 2. The second-order valence-corrected chi connectivity index (χ2v) is 5.17. The van der Waals surface area contributed by atoms with E-state index in [1.807, 2.05) is 6.07 Å². The summed E-state index contributed by atoms with van der Waals surface area (Å²) in [5.74, 6) is 1.22. The van der Waals surface area contributed by atoms with E-state index in [2.05, 4.69) is 62.4 Å². The van der Waals surface area contributed by atoms with Crippen molar-refractivity contribution in [1.29, 1.82) is 0 Å². The minimum Gasteiger partial charge on any atom is -0.354 e. The molecule has 0 radical (unpaired) electrons. The fourth-order valence-corrected chi connectivity index (χ4v) is 1.96. The molecule has 94 valence electrons. The lowest BCUT2D eigenvalue weighted by Gasteiger charge is -2.12. The van der Waals surface area contributed by atoms with Crippen LogP contribution in [0.1, 0.15) is 24.8 Å². The second kappa shape index (κ2) is 6.50. The summed E-state index contributed by atoms with van der Waals surface area (Å²) in [4.78, 5) is 8.36. The molecule has 0 aliphatic rings. The highest BCUT2D eigenvalue weighted by atomic mass is 79.9. The zero-order valence-corrected chi connectivity index (χ0v) is 11.9. The number of hydrogen-bond acceptors (Lipinski definition) is 3. The number of nitrogens with one attached hydrogen (secondary N) is 1. The van der Waals surface area contributed by atoms with Crippen molar-refractivity contribution in [3.63, 3.8) is 0 Å². The summed E-state index contributed by atoms with van der Waals surface area (Å²) >= 11 is 3.31. The molecule has 18 heavy (non-hydrogen) atoms. The van der Waals surface area contributed by atoms with E-state index in [4.69, 9.17) is 0 Å². The zero-order chi connectivity index (χ0) is 12.8. The first-order valence-corrected chi connectivity index (χ1v) is 6.81. The molecule has 0 spiro atoms. The molecule has 1 heterocycles. The summed E-state index contributed by atoms with van der Waals surface area (Å²) in [6, 6.07) is 10.5. The molecule has 1 N–H and O–H groups in total. The molecule has 2 rings (SSSR count). The van der Waals surface area contributed by atoms with Gasteiger partial charge in [-0.3, -0.25) is 0 Å². The van der Waals surface area contributed by atoms with Gasteiger partial charge in [0.2, 0.25) is 5.95 Å². The predicted molar refractivity (Wildman–Crippen MR) is 77.7 cm³/mol. The van der Waals surface area contributed by atoms with Crippen molar-refractivity contribution in [1.82, 2.24) is 9.97 Å². The van der Waals surface area contributed by atoms with Gasteiger partial charge in [-0.25, -0.2) is 9.97 Å². The maximum absolute atomic E-state index is 4.18. The fourth-order valence-electron chi connectivity index (χ4n) is 1.75. The molecule has 0 saturated carbocycles. The normalized spacial score (nSPS) is 12.1. The number of halogens is 1. The molecule has 3 nitrogen and oxygen atoms in total. The van der Waals surface area contributed by atoms with Crippen molar-refractivity contribution in [2.45, 2.75) is 19.3 Å². The van der Waals surface area contributed by atoms with Gasteiger partial charge in [0.15, 0.2) is 0 Å². The summed E-state index contributed by atoms with van der Waals surface area (Å²) in [5, 5.41) is 3.23. The number of anilines is 1. The maximum atomic E-state index is 4.18. The molecular formula is C14H16BrN3. The van der Waals surface area contributed by atoms with E-state index in [-0.39, 0.29) is 0 Å². The number of rotatable bonds is 5. The van der Waals surface area contributed by atoms with Crippen LogP contribution < -0.4 is 5.32 Å². The minimum atomic E-state index is 0.536. The highest BCUT2D eigenvalue weighted by Crippen LogP contribution is 2.18. The summed E-state index contributed by atoms with van der Waals surface area (Å²) in [6.45, 7) is 3.11. The highest BCUT2D eigenvalue weighted by Gasteiger charge is 2.04. The van der Waals surface area contributed by atoms with E-state index in [0.29, 0.717) is 11.9 Å². The van der Waals surface area contributed by atoms with Gasteiger partial charge in [0.05, 0.1) is 4.47 Å². The summed E-state index contributed by atoms with van der Waals surface area (Å²) < 4.78 is 0.894. The highest BCUT2D eigenvalue weighted by molar-refractivity contribution is 9.10. The van der Waals surface area contributed by atoms with Gasteiger partial charge in [-0.2, -0.15) is 0 Å². The van der Waals surface area contributed by atoms with Crippen LogP contribution in [0.25, 0.3) is 0 Å². The van der Waals surface area contributed by atoms with E-state index in [0.717, 1.165) is 17.4 Å². The van der Waals surface area contributed by atoms with E-state index in [9.17, 15) is 0 Å². The Bertz CT molecular complexity index is 470. The van der Waals surface area contributed by atoms with Crippen LogP contribution in [0.15, 0.2) is 47.2 Å². The van der Waals surface area contributed by atoms with Crippen LogP contribution in [-0.4, -0.2) is 16.5 Å². The molecule has 0 amide bonds. The number of hydrogen-bond donors (Lipinski definition) is 1.